The predicted octanol–water partition coefficient (Wildman–Crippen LogP) is 2.92. The molecule has 1 aromatic rings. The molecule has 1 atom stereocenters. The standard InChI is InChI=1S/C13H16BrNO/c1-2-3-6-15-9-12-8-10-7-11(14)4-5-13(10)16-12/h2,4-5,7,12,15H,1,3,6,8-9H2. The normalized spacial score (nSPS) is 17.9. The van der Waals surface area contributed by atoms with Crippen molar-refractivity contribution in [2.24, 2.45) is 0 Å². The summed E-state index contributed by atoms with van der Waals surface area (Å²) in [4.78, 5) is 0. The lowest BCUT2D eigenvalue weighted by atomic mass is 10.1. The zero-order chi connectivity index (χ0) is 11.4. The molecule has 86 valence electrons. The highest BCUT2D eigenvalue weighted by Gasteiger charge is 2.22. The minimum Gasteiger partial charge on any atom is -0.488 e. The van der Waals surface area contributed by atoms with Crippen LogP contribution in [0.25, 0.3) is 0 Å². The monoisotopic (exact) mass is 281 g/mol. The van der Waals surface area contributed by atoms with Gasteiger partial charge < -0.3 is 10.1 Å². The van der Waals surface area contributed by atoms with Crippen molar-refractivity contribution in [3.8, 4) is 5.75 Å². The summed E-state index contributed by atoms with van der Waals surface area (Å²) < 4.78 is 6.95. The summed E-state index contributed by atoms with van der Waals surface area (Å²) in [5, 5.41) is 3.37. The largest absolute Gasteiger partial charge is 0.488 e. The molecule has 0 aromatic heterocycles. The first kappa shape index (κ1) is 11.7. The van der Waals surface area contributed by atoms with Gasteiger partial charge in [-0.3, -0.25) is 0 Å². The van der Waals surface area contributed by atoms with E-state index in [9.17, 15) is 0 Å². The fourth-order valence-electron chi connectivity index (χ4n) is 1.87. The lowest BCUT2D eigenvalue weighted by Gasteiger charge is -2.10. The molecule has 2 rings (SSSR count). The lowest BCUT2D eigenvalue weighted by Crippen LogP contribution is -2.30. The van der Waals surface area contributed by atoms with Crippen molar-refractivity contribution in [2.75, 3.05) is 13.1 Å². The summed E-state index contributed by atoms with van der Waals surface area (Å²) in [6.07, 6.45) is 4.20. The highest BCUT2D eigenvalue weighted by Crippen LogP contribution is 2.30. The van der Waals surface area contributed by atoms with E-state index in [1.54, 1.807) is 0 Å². The maximum atomic E-state index is 5.83. The van der Waals surface area contributed by atoms with E-state index in [-0.39, 0.29) is 6.10 Å². The maximum absolute atomic E-state index is 5.83. The number of halogens is 1. The molecule has 1 aliphatic rings. The van der Waals surface area contributed by atoms with Crippen LogP contribution in [0.3, 0.4) is 0 Å². The molecule has 16 heavy (non-hydrogen) atoms. The number of ether oxygens (including phenoxy) is 1. The fraction of sp³-hybridized carbons (Fsp3) is 0.385. The van der Waals surface area contributed by atoms with Crippen molar-refractivity contribution in [2.45, 2.75) is 18.9 Å². The molecule has 0 bridgehead atoms. The van der Waals surface area contributed by atoms with Gasteiger partial charge in [-0.1, -0.05) is 22.0 Å². The summed E-state index contributed by atoms with van der Waals surface area (Å²) in [6.45, 7) is 5.57. The van der Waals surface area contributed by atoms with Crippen molar-refractivity contribution in [1.82, 2.24) is 5.32 Å². The Hall–Kier alpha value is -0.800. The molecule has 1 unspecified atom stereocenters. The molecular formula is C13H16BrNO. The van der Waals surface area contributed by atoms with Crippen LogP contribution in [-0.4, -0.2) is 19.2 Å². The van der Waals surface area contributed by atoms with Crippen LogP contribution in [0.2, 0.25) is 0 Å². The number of fused-ring (bicyclic) bond motifs is 1. The van der Waals surface area contributed by atoms with Gasteiger partial charge in [-0.05, 0) is 36.7 Å². The van der Waals surface area contributed by atoms with Crippen LogP contribution in [0.5, 0.6) is 5.75 Å². The summed E-state index contributed by atoms with van der Waals surface area (Å²) in [6, 6.07) is 6.19. The van der Waals surface area contributed by atoms with E-state index in [0.29, 0.717) is 0 Å². The van der Waals surface area contributed by atoms with E-state index < -0.39 is 0 Å². The Morgan fingerprint density at radius 1 is 1.56 bits per heavy atom. The Morgan fingerprint density at radius 3 is 3.25 bits per heavy atom. The second-order valence-electron chi connectivity index (χ2n) is 3.98. The van der Waals surface area contributed by atoms with Gasteiger partial charge in [-0.25, -0.2) is 0 Å². The molecular weight excluding hydrogens is 266 g/mol. The Labute approximate surface area is 105 Å². The van der Waals surface area contributed by atoms with Crippen molar-refractivity contribution < 1.29 is 4.74 Å². The number of benzene rings is 1. The third kappa shape index (κ3) is 2.86. The molecule has 0 radical (unpaired) electrons. The van der Waals surface area contributed by atoms with E-state index in [1.165, 1.54) is 5.56 Å². The molecule has 0 amide bonds. The smallest absolute Gasteiger partial charge is 0.123 e. The molecule has 1 N–H and O–H groups in total. The average molecular weight is 282 g/mol. The zero-order valence-corrected chi connectivity index (χ0v) is 10.8. The molecule has 1 heterocycles. The molecule has 1 aromatic carbocycles. The van der Waals surface area contributed by atoms with Crippen LogP contribution in [0, 0.1) is 0 Å². The first-order valence-corrected chi connectivity index (χ1v) is 6.35. The molecule has 1 aliphatic heterocycles. The number of nitrogens with one attached hydrogen (secondary N) is 1. The van der Waals surface area contributed by atoms with Crippen LogP contribution in [0.15, 0.2) is 35.3 Å². The predicted molar refractivity (Wildman–Crippen MR) is 69.9 cm³/mol. The Balaban J connectivity index is 1.83. The van der Waals surface area contributed by atoms with Gasteiger partial charge in [-0.15, -0.1) is 6.58 Å². The molecule has 0 saturated heterocycles. The number of rotatable bonds is 5. The van der Waals surface area contributed by atoms with Crippen molar-refractivity contribution in [3.63, 3.8) is 0 Å². The van der Waals surface area contributed by atoms with Crippen LogP contribution in [0.1, 0.15) is 12.0 Å². The van der Waals surface area contributed by atoms with Gasteiger partial charge in [-0.2, -0.15) is 0 Å². The molecule has 0 saturated carbocycles. The van der Waals surface area contributed by atoms with Gasteiger partial charge >= 0.3 is 0 Å². The molecule has 0 spiro atoms. The summed E-state index contributed by atoms with van der Waals surface area (Å²) >= 11 is 3.48. The van der Waals surface area contributed by atoms with Crippen molar-refractivity contribution in [3.05, 3.63) is 40.9 Å². The second kappa shape index (κ2) is 5.51. The van der Waals surface area contributed by atoms with E-state index in [1.807, 2.05) is 18.2 Å². The number of hydrogen-bond donors (Lipinski definition) is 1. The topological polar surface area (TPSA) is 21.3 Å². The van der Waals surface area contributed by atoms with E-state index in [0.717, 1.165) is 36.2 Å². The van der Waals surface area contributed by atoms with Crippen LogP contribution in [-0.2, 0) is 6.42 Å². The lowest BCUT2D eigenvalue weighted by molar-refractivity contribution is 0.228. The van der Waals surface area contributed by atoms with Crippen molar-refractivity contribution in [1.29, 1.82) is 0 Å². The second-order valence-corrected chi connectivity index (χ2v) is 4.89. The van der Waals surface area contributed by atoms with Gasteiger partial charge in [0.1, 0.15) is 11.9 Å². The molecule has 2 nitrogen and oxygen atoms in total. The third-order valence-electron chi connectivity index (χ3n) is 2.66. The van der Waals surface area contributed by atoms with Gasteiger partial charge in [0, 0.05) is 17.4 Å². The highest BCUT2D eigenvalue weighted by molar-refractivity contribution is 9.10. The maximum Gasteiger partial charge on any atom is 0.123 e. The average Bonchev–Trinajstić information content (AvgIpc) is 2.66. The van der Waals surface area contributed by atoms with Crippen LogP contribution < -0.4 is 10.1 Å². The van der Waals surface area contributed by atoms with Gasteiger partial charge in [0.2, 0.25) is 0 Å². The van der Waals surface area contributed by atoms with Crippen LogP contribution in [0.4, 0.5) is 0 Å². The van der Waals surface area contributed by atoms with E-state index in [4.69, 9.17) is 4.74 Å². The fourth-order valence-corrected chi connectivity index (χ4v) is 2.28. The summed E-state index contributed by atoms with van der Waals surface area (Å²) in [5.74, 6) is 1.03. The summed E-state index contributed by atoms with van der Waals surface area (Å²) in [7, 11) is 0. The minimum absolute atomic E-state index is 0.272. The minimum atomic E-state index is 0.272. The van der Waals surface area contributed by atoms with Gasteiger partial charge in [0.25, 0.3) is 0 Å². The highest BCUT2D eigenvalue weighted by atomic mass is 79.9. The summed E-state index contributed by atoms with van der Waals surface area (Å²) in [5.41, 5.74) is 1.30. The Morgan fingerprint density at radius 2 is 2.44 bits per heavy atom. The van der Waals surface area contributed by atoms with Gasteiger partial charge in [0.15, 0.2) is 0 Å². The third-order valence-corrected chi connectivity index (χ3v) is 3.15. The Kier molecular flexibility index (Phi) is 4.02. The van der Waals surface area contributed by atoms with E-state index in [2.05, 4.69) is 33.9 Å². The SMILES string of the molecule is C=CCCNCC1Cc2cc(Br)ccc2O1. The quantitative estimate of drug-likeness (QED) is 0.662. The number of hydrogen-bond acceptors (Lipinski definition) is 2. The molecule has 3 heteroatoms. The Bertz CT molecular complexity index is 378. The first-order chi connectivity index (χ1) is 7.79. The first-order valence-electron chi connectivity index (χ1n) is 5.56. The molecule has 0 fully saturated rings. The van der Waals surface area contributed by atoms with Gasteiger partial charge in [0.05, 0.1) is 0 Å². The molecule has 0 aliphatic carbocycles. The van der Waals surface area contributed by atoms with Crippen molar-refractivity contribution >= 4 is 15.9 Å². The zero-order valence-electron chi connectivity index (χ0n) is 9.21. The van der Waals surface area contributed by atoms with E-state index >= 15 is 0 Å². The van der Waals surface area contributed by atoms with Crippen LogP contribution >= 0.6 is 15.9 Å².